The molecule has 0 rings (SSSR count). The van der Waals surface area contributed by atoms with Crippen molar-refractivity contribution in [2.24, 2.45) is 0 Å². The second kappa shape index (κ2) is 38.1. The Morgan fingerprint density at radius 1 is 0.667 bits per heavy atom. The maximum Gasteiger partial charge on any atom is 5.00 e. The van der Waals surface area contributed by atoms with Crippen molar-refractivity contribution >= 4 is 0 Å². The zero-order valence-electron chi connectivity index (χ0n) is 3.17. The fourth-order valence-corrected chi connectivity index (χ4v) is 0. The molecule has 0 saturated carbocycles. The smallest absolute Gasteiger partial charge is 2.00 e. The van der Waals surface area contributed by atoms with Gasteiger partial charge >= 0.3 is 73.8 Å². The molecular weight excluding hydrogens is 408 g/mol. The molecular formula is CeKO3Ta. The van der Waals surface area contributed by atoms with Crippen LogP contribution in [-0.2, 0) is 38.8 Å². The van der Waals surface area contributed by atoms with E-state index in [-0.39, 0.29) is 132 Å². The Kier molecular flexibility index (Phi) is 345. The summed E-state index contributed by atoms with van der Waals surface area (Å²) in [5.41, 5.74) is 0. The van der Waals surface area contributed by atoms with E-state index in [1.54, 1.807) is 0 Å². The van der Waals surface area contributed by atoms with Crippen molar-refractivity contribution in [2.45, 2.75) is 0 Å². The molecule has 0 radical (unpaired) electrons. The Morgan fingerprint density at radius 3 is 0.667 bits per heavy atom. The van der Waals surface area contributed by atoms with Crippen LogP contribution in [-0.4, -0.2) is 0 Å². The van der Waals surface area contributed by atoms with E-state index in [1.807, 2.05) is 0 Å². The first-order valence-corrected chi connectivity index (χ1v) is 0. The molecule has 0 aromatic heterocycles. The second-order valence-corrected chi connectivity index (χ2v) is 0. The molecule has 0 spiro atoms. The summed E-state index contributed by atoms with van der Waals surface area (Å²) < 4.78 is 0. The van der Waals surface area contributed by atoms with Gasteiger partial charge in [0.15, 0.2) is 0 Å². The van der Waals surface area contributed by atoms with Crippen LogP contribution in [0.15, 0.2) is 0 Å². The molecule has 0 bridgehead atoms. The second-order valence-electron chi connectivity index (χ2n) is 0. The average molecular weight is 408 g/mol. The van der Waals surface area contributed by atoms with E-state index in [2.05, 4.69) is 0 Å². The first kappa shape index (κ1) is 54.4. The minimum atomic E-state index is 0. The summed E-state index contributed by atoms with van der Waals surface area (Å²) in [7, 11) is 0. The van der Waals surface area contributed by atoms with Gasteiger partial charge in [-0.3, -0.25) is 0 Å². The van der Waals surface area contributed by atoms with Crippen molar-refractivity contribution in [3.63, 3.8) is 0 Å². The Morgan fingerprint density at radius 2 is 0.667 bits per heavy atom. The molecule has 0 N–H and O–H groups in total. The van der Waals surface area contributed by atoms with Crippen LogP contribution in [0, 0.1) is 41.7 Å². The molecule has 0 fully saturated rings. The van der Waals surface area contributed by atoms with E-state index in [1.165, 1.54) is 0 Å². The molecule has 0 aliphatic carbocycles. The minimum Gasteiger partial charge on any atom is -2.00 e. The molecule has 0 saturated heterocycles. The van der Waals surface area contributed by atoms with Crippen LogP contribution >= 0.6 is 0 Å². The summed E-state index contributed by atoms with van der Waals surface area (Å²) in [5, 5.41) is 0. The molecule has 0 aliphatic rings. The van der Waals surface area contributed by atoms with E-state index >= 15 is 0 Å². The molecule has 0 amide bonds. The zero-order valence-corrected chi connectivity index (χ0v) is 12.6. The maximum atomic E-state index is 0. The number of hydrogen-bond donors (Lipinski definition) is 0. The van der Waals surface area contributed by atoms with Gasteiger partial charge in [0.25, 0.3) is 0 Å². The SMILES string of the molecule is [Ce].[K+].[O-2].[O-2].[O-2].[Ta+5]. The Bertz CT molecular complexity index is 10.8. The van der Waals surface area contributed by atoms with Crippen molar-refractivity contribution in [2.75, 3.05) is 0 Å². The normalized spacial score (nSPS) is 0. The molecule has 6 heavy (non-hydrogen) atoms. The third kappa shape index (κ3) is 25.4. The molecule has 0 atom stereocenters. The van der Waals surface area contributed by atoms with Crippen LogP contribution in [0.5, 0.6) is 0 Å². The molecule has 0 aliphatic heterocycles. The molecule has 6 heteroatoms. The minimum absolute atomic E-state index is 0. The van der Waals surface area contributed by atoms with Crippen molar-refractivity contribution < 1.29 is 132 Å². The number of rotatable bonds is 0. The van der Waals surface area contributed by atoms with Gasteiger partial charge in [0.05, 0.1) is 0 Å². The van der Waals surface area contributed by atoms with Gasteiger partial charge in [-0.25, -0.2) is 0 Å². The van der Waals surface area contributed by atoms with E-state index in [0.29, 0.717) is 0 Å². The van der Waals surface area contributed by atoms with E-state index in [4.69, 9.17) is 0 Å². The summed E-state index contributed by atoms with van der Waals surface area (Å²) in [6.45, 7) is 0. The zero-order chi connectivity index (χ0) is 0. The molecule has 3 nitrogen and oxygen atoms in total. The average Bonchev–Trinajstić information content (AvgIpc) is 0. The number of hydrogen-bond acceptors (Lipinski definition) is 0. The van der Waals surface area contributed by atoms with Crippen LogP contribution in [0.4, 0.5) is 0 Å². The quantitative estimate of drug-likeness (QED) is 0.376. The molecule has 28 valence electrons. The molecule has 0 unspecified atom stereocenters. The standard InChI is InChI=1S/Ce.K.3O.Ta/q;+1;3*-2;+5. The van der Waals surface area contributed by atoms with Gasteiger partial charge in [-0.2, -0.15) is 0 Å². The topological polar surface area (TPSA) is 85.5 Å². The van der Waals surface area contributed by atoms with Gasteiger partial charge in [-0.15, -0.1) is 0 Å². The van der Waals surface area contributed by atoms with Gasteiger partial charge in [0.1, 0.15) is 0 Å². The van der Waals surface area contributed by atoms with Crippen molar-refractivity contribution in [1.29, 1.82) is 0 Å². The first-order chi connectivity index (χ1) is 0. The molecule has 0 aromatic rings. The Balaban J connectivity index is 0. The maximum absolute atomic E-state index is 0. The fourth-order valence-electron chi connectivity index (χ4n) is 0. The van der Waals surface area contributed by atoms with Crippen molar-refractivity contribution in [3.8, 4) is 0 Å². The van der Waals surface area contributed by atoms with Crippen molar-refractivity contribution in [3.05, 3.63) is 0 Å². The first-order valence-electron chi connectivity index (χ1n) is 0. The van der Waals surface area contributed by atoms with Crippen LogP contribution in [0.1, 0.15) is 0 Å². The molecule has 0 heterocycles. The van der Waals surface area contributed by atoms with Gasteiger partial charge in [0, 0.05) is 41.7 Å². The largest absolute Gasteiger partial charge is 5.00 e. The van der Waals surface area contributed by atoms with Crippen molar-refractivity contribution in [1.82, 2.24) is 0 Å². The van der Waals surface area contributed by atoms with E-state index in [9.17, 15) is 0 Å². The van der Waals surface area contributed by atoms with Crippen LogP contribution in [0.25, 0.3) is 0 Å². The summed E-state index contributed by atoms with van der Waals surface area (Å²) >= 11 is 0. The third-order valence-corrected chi connectivity index (χ3v) is 0. The fraction of sp³-hybridized carbons (Fsp3) is 0. The van der Waals surface area contributed by atoms with Crippen LogP contribution in [0.3, 0.4) is 0 Å². The summed E-state index contributed by atoms with van der Waals surface area (Å²) in [5.74, 6) is 0. The Hall–Kier alpha value is 3.63. The van der Waals surface area contributed by atoms with Gasteiger partial charge in [0.2, 0.25) is 0 Å². The molecule has 0 aromatic carbocycles. The Labute approximate surface area is 128 Å². The summed E-state index contributed by atoms with van der Waals surface area (Å²) in [6.07, 6.45) is 0. The van der Waals surface area contributed by atoms with Gasteiger partial charge in [-0.05, 0) is 0 Å². The van der Waals surface area contributed by atoms with Crippen LogP contribution in [0.2, 0.25) is 0 Å². The van der Waals surface area contributed by atoms with Gasteiger partial charge in [-0.1, -0.05) is 0 Å². The predicted molar refractivity (Wildman–Crippen MR) is 2.06 cm³/mol. The van der Waals surface area contributed by atoms with E-state index < -0.39 is 0 Å². The van der Waals surface area contributed by atoms with Crippen LogP contribution < -0.4 is 51.4 Å². The third-order valence-electron chi connectivity index (χ3n) is 0. The predicted octanol–water partition coefficient (Wildman–Crippen LogP) is -3.35. The summed E-state index contributed by atoms with van der Waals surface area (Å²) in [4.78, 5) is 0. The monoisotopic (exact) mass is 408 g/mol. The summed E-state index contributed by atoms with van der Waals surface area (Å²) in [6, 6.07) is 0. The van der Waals surface area contributed by atoms with E-state index in [0.717, 1.165) is 0 Å². The van der Waals surface area contributed by atoms with Gasteiger partial charge < -0.3 is 16.4 Å².